The van der Waals surface area contributed by atoms with Gasteiger partial charge in [0.05, 0.1) is 5.02 Å². The first-order valence-corrected chi connectivity index (χ1v) is 6.30. The Morgan fingerprint density at radius 3 is 2.85 bits per heavy atom. The molecule has 0 bridgehead atoms. The Balaban J connectivity index is 2.11. The van der Waals surface area contributed by atoms with E-state index in [1.807, 2.05) is 0 Å². The van der Waals surface area contributed by atoms with E-state index in [2.05, 4.69) is 15.1 Å². The zero-order valence-electron chi connectivity index (χ0n) is 10.1. The summed E-state index contributed by atoms with van der Waals surface area (Å²) in [7, 11) is 0. The van der Waals surface area contributed by atoms with E-state index in [1.54, 1.807) is 6.92 Å². The summed E-state index contributed by atoms with van der Waals surface area (Å²) < 4.78 is 20.2. The van der Waals surface area contributed by atoms with E-state index in [9.17, 15) is 4.39 Å². The summed E-state index contributed by atoms with van der Waals surface area (Å²) >= 11 is 11.7. The number of hydrogen-bond acceptors (Lipinski definition) is 4. The van der Waals surface area contributed by atoms with E-state index < -0.39 is 5.82 Å². The number of halogens is 3. The van der Waals surface area contributed by atoms with E-state index in [1.165, 1.54) is 29.0 Å². The Bertz CT molecular complexity index is 805. The van der Waals surface area contributed by atoms with Gasteiger partial charge in [0.1, 0.15) is 23.0 Å². The van der Waals surface area contributed by atoms with Crippen LogP contribution in [0.4, 0.5) is 4.39 Å². The molecule has 0 radical (unpaired) electrons. The van der Waals surface area contributed by atoms with Crippen molar-refractivity contribution in [1.82, 2.24) is 19.6 Å². The quantitative estimate of drug-likeness (QED) is 0.677. The lowest BCUT2D eigenvalue weighted by Gasteiger charge is -2.10. The molecule has 2 aromatic heterocycles. The third-order valence-electron chi connectivity index (χ3n) is 2.66. The van der Waals surface area contributed by atoms with Gasteiger partial charge < -0.3 is 4.74 Å². The first-order valence-electron chi connectivity index (χ1n) is 5.55. The minimum Gasteiger partial charge on any atom is -0.438 e. The van der Waals surface area contributed by atoms with Gasteiger partial charge in [0.25, 0.3) is 5.78 Å². The number of nitrogens with zero attached hydrogens (tertiary/aromatic N) is 4. The minimum atomic E-state index is -0.519. The average molecular weight is 313 g/mol. The molecule has 0 amide bonds. The van der Waals surface area contributed by atoms with Gasteiger partial charge in [-0.05, 0) is 19.1 Å². The zero-order chi connectivity index (χ0) is 14.3. The number of ether oxygens (including phenoxy) is 1. The van der Waals surface area contributed by atoms with Crippen LogP contribution in [0.25, 0.3) is 5.78 Å². The summed E-state index contributed by atoms with van der Waals surface area (Å²) in [5.74, 6) is 0.497. The number of hydrogen-bond donors (Lipinski definition) is 0. The van der Waals surface area contributed by atoms with E-state index in [0.29, 0.717) is 23.0 Å². The molecule has 0 aliphatic heterocycles. The second-order valence-electron chi connectivity index (χ2n) is 3.98. The topological polar surface area (TPSA) is 52.3 Å². The van der Waals surface area contributed by atoms with Crippen molar-refractivity contribution in [2.75, 3.05) is 0 Å². The fraction of sp³-hybridized carbons (Fsp3) is 0.0833. The van der Waals surface area contributed by atoms with Crippen molar-refractivity contribution in [1.29, 1.82) is 0 Å². The highest BCUT2D eigenvalue weighted by Gasteiger charge is 2.15. The Kier molecular flexibility index (Phi) is 3.19. The van der Waals surface area contributed by atoms with Gasteiger partial charge in [-0.1, -0.05) is 23.2 Å². The van der Waals surface area contributed by atoms with E-state index in [4.69, 9.17) is 27.9 Å². The summed E-state index contributed by atoms with van der Waals surface area (Å²) in [6.07, 6.45) is 1.34. The molecule has 3 rings (SSSR count). The van der Waals surface area contributed by atoms with Crippen LogP contribution in [0.2, 0.25) is 10.2 Å². The molecule has 0 aliphatic rings. The van der Waals surface area contributed by atoms with Crippen LogP contribution in [0.1, 0.15) is 5.56 Å². The maximum Gasteiger partial charge on any atom is 0.256 e. The van der Waals surface area contributed by atoms with Crippen molar-refractivity contribution in [2.45, 2.75) is 6.92 Å². The number of aromatic nitrogens is 4. The molecule has 0 saturated heterocycles. The lowest BCUT2D eigenvalue weighted by Crippen LogP contribution is -2.01. The van der Waals surface area contributed by atoms with Crippen LogP contribution in [0.3, 0.4) is 0 Å². The van der Waals surface area contributed by atoms with E-state index >= 15 is 0 Å². The second kappa shape index (κ2) is 4.88. The number of fused-ring (bicyclic) bond motifs is 1. The first-order chi connectivity index (χ1) is 9.56. The second-order valence-corrected chi connectivity index (χ2v) is 4.75. The highest BCUT2D eigenvalue weighted by Crippen LogP contribution is 2.30. The Hall–Kier alpha value is -1.92. The van der Waals surface area contributed by atoms with E-state index in [-0.39, 0.29) is 10.2 Å². The van der Waals surface area contributed by atoms with Crippen molar-refractivity contribution in [3.8, 4) is 11.6 Å². The minimum absolute atomic E-state index is 0.0323. The molecular weight excluding hydrogens is 306 g/mol. The lowest BCUT2D eigenvalue weighted by molar-refractivity contribution is 0.440. The SMILES string of the molecule is Cc1c(Cl)nc2ncnn2c1Oc1ccc(F)c(Cl)c1. The molecule has 0 fully saturated rings. The Labute approximate surface area is 122 Å². The van der Waals surface area contributed by atoms with Crippen LogP contribution in [-0.4, -0.2) is 19.6 Å². The monoisotopic (exact) mass is 312 g/mol. The van der Waals surface area contributed by atoms with Gasteiger partial charge in [-0.25, -0.2) is 4.39 Å². The molecule has 2 heterocycles. The van der Waals surface area contributed by atoms with Crippen molar-refractivity contribution in [3.05, 3.63) is 46.1 Å². The number of rotatable bonds is 2. The van der Waals surface area contributed by atoms with Gasteiger partial charge in [0.2, 0.25) is 5.88 Å². The van der Waals surface area contributed by atoms with Gasteiger partial charge in [0.15, 0.2) is 0 Å². The molecule has 8 heteroatoms. The highest BCUT2D eigenvalue weighted by atomic mass is 35.5. The molecule has 1 aromatic carbocycles. The fourth-order valence-electron chi connectivity index (χ4n) is 1.65. The molecule has 102 valence electrons. The molecule has 0 atom stereocenters. The molecule has 3 aromatic rings. The van der Waals surface area contributed by atoms with Crippen molar-refractivity contribution >= 4 is 29.0 Å². The van der Waals surface area contributed by atoms with Crippen LogP contribution in [0.15, 0.2) is 24.5 Å². The summed E-state index contributed by atoms with van der Waals surface area (Å²) in [4.78, 5) is 8.00. The van der Waals surface area contributed by atoms with Crippen molar-refractivity contribution in [3.63, 3.8) is 0 Å². The molecule has 0 aliphatic carbocycles. The smallest absolute Gasteiger partial charge is 0.256 e. The predicted octanol–water partition coefficient (Wildman–Crippen LogP) is 3.67. The standard InChI is InChI=1S/C12H7Cl2FN4O/c1-6-10(14)18-12-16-5-17-19(12)11(6)20-7-2-3-9(15)8(13)4-7/h2-5H,1H3. The fourth-order valence-corrected chi connectivity index (χ4v) is 1.97. The Morgan fingerprint density at radius 2 is 2.10 bits per heavy atom. The summed E-state index contributed by atoms with van der Waals surface area (Å²) in [5.41, 5.74) is 0.588. The lowest BCUT2D eigenvalue weighted by atomic mass is 10.3. The van der Waals surface area contributed by atoms with Crippen LogP contribution >= 0.6 is 23.2 Å². The van der Waals surface area contributed by atoms with E-state index in [0.717, 1.165) is 0 Å². The van der Waals surface area contributed by atoms with Crippen LogP contribution in [-0.2, 0) is 0 Å². The van der Waals surface area contributed by atoms with Gasteiger partial charge >= 0.3 is 0 Å². The third kappa shape index (κ3) is 2.17. The molecule has 0 saturated carbocycles. The zero-order valence-corrected chi connectivity index (χ0v) is 11.7. The summed E-state index contributed by atoms with van der Waals surface area (Å²) in [5, 5.41) is 4.23. The highest BCUT2D eigenvalue weighted by molar-refractivity contribution is 6.31. The van der Waals surface area contributed by atoms with Crippen molar-refractivity contribution < 1.29 is 9.13 Å². The summed E-state index contributed by atoms with van der Waals surface area (Å²) in [6, 6.07) is 4.04. The molecule has 20 heavy (non-hydrogen) atoms. The first kappa shape index (κ1) is 13.1. The maximum absolute atomic E-state index is 13.1. The molecular formula is C12H7Cl2FN4O. The van der Waals surface area contributed by atoms with Gasteiger partial charge in [-0.3, -0.25) is 0 Å². The van der Waals surface area contributed by atoms with Crippen LogP contribution in [0, 0.1) is 12.7 Å². The normalized spacial score (nSPS) is 11.0. The third-order valence-corrected chi connectivity index (χ3v) is 3.31. The van der Waals surface area contributed by atoms with Gasteiger partial charge in [-0.15, -0.1) is 0 Å². The molecule has 0 N–H and O–H groups in total. The number of benzene rings is 1. The van der Waals surface area contributed by atoms with Gasteiger partial charge in [-0.2, -0.15) is 19.6 Å². The van der Waals surface area contributed by atoms with Crippen LogP contribution in [0.5, 0.6) is 11.6 Å². The van der Waals surface area contributed by atoms with Gasteiger partial charge in [0, 0.05) is 11.6 Å². The maximum atomic E-state index is 13.1. The average Bonchev–Trinajstić information content (AvgIpc) is 2.87. The Morgan fingerprint density at radius 1 is 1.30 bits per heavy atom. The van der Waals surface area contributed by atoms with Crippen LogP contribution < -0.4 is 4.74 Å². The molecule has 5 nitrogen and oxygen atoms in total. The largest absolute Gasteiger partial charge is 0.438 e. The molecule has 0 spiro atoms. The predicted molar refractivity (Wildman–Crippen MR) is 72.0 cm³/mol. The summed E-state index contributed by atoms with van der Waals surface area (Å²) in [6.45, 7) is 1.73. The molecule has 0 unspecified atom stereocenters. The van der Waals surface area contributed by atoms with Crippen molar-refractivity contribution in [2.24, 2.45) is 0 Å².